The molecule has 0 unspecified atom stereocenters. The van der Waals surface area contributed by atoms with Crippen molar-refractivity contribution in [1.29, 1.82) is 0 Å². The largest absolute Gasteiger partial charge is 0.326 e. The molecule has 0 saturated carbocycles. The van der Waals surface area contributed by atoms with Crippen LogP contribution in [0.3, 0.4) is 0 Å². The SMILES string of the molecule is CCC(=O)Nc1ccc(C(=O)Nc2nnc([C@H]3CC(=O)N(c4cc(C)cc(C)c4)C3)s2)cc1. The van der Waals surface area contributed by atoms with E-state index < -0.39 is 0 Å². The summed E-state index contributed by atoms with van der Waals surface area (Å²) in [6.45, 7) is 6.34. The summed E-state index contributed by atoms with van der Waals surface area (Å²) in [5, 5.41) is 14.9. The molecule has 1 aromatic heterocycles. The molecule has 2 N–H and O–H groups in total. The number of benzene rings is 2. The van der Waals surface area contributed by atoms with Gasteiger partial charge in [0.1, 0.15) is 5.01 Å². The second kappa shape index (κ2) is 9.50. The van der Waals surface area contributed by atoms with Gasteiger partial charge in [0.25, 0.3) is 5.91 Å². The van der Waals surface area contributed by atoms with E-state index in [1.807, 2.05) is 26.0 Å². The maximum absolute atomic E-state index is 12.7. The van der Waals surface area contributed by atoms with Crippen LogP contribution in [0.25, 0.3) is 0 Å². The van der Waals surface area contributed by atoms with E-state index in [9.17, 15) is 14.4 Å². The third-order valence-electron chi connectivity index (χ3n) is 5.41. The van der Waals surface area contributed by atoms with Crippen molar-refractivity contribution in [3.05, 3.63) is 64.2 Å². The zero-order chi connectivity index (χ0) is 23.5. The van der Waals surface area contributed by atoms with Crippen LogP contribution in [0, 0.1) is 13.8 Å². The molecular formula is C24H25N5O3S. The lowest BCUT2D eigenvalue weighted by molar-refractivity contribution is -0.117. The van der Waals surface area contributed by atoms with Crippen LogP contribution in [0.5, 0.6) is 0 Å². The maximum Gasteiger partial charge on any atom is 0.257 e. The predicted molar refractivity (Wildman–Crippen MR) is 129 cm³/mol. The molecule has 0 radical (unpaired) electrons. The fourth-order valence-corrected chi connectivity index (χ4v) is 4.63. The summed E-state index contributed by atoms with van der Waals surface area (Å²) in [7, 11) is 0. The van der Waals surface area contributed by atoms with Gasteiger partial charge in [-0.1, -0.05) is 24.3 Å². The number of rotatable bonds is 6. The minimum Gasteiger partial charge on any atom is -0.326 e. The summed E-state index contributed by atoms with van der Waals surface area (Å²) in [5.74, 6) is -0.413. The number of carbonyl (C=O) groups excluding carboxylic acids is 3. The summed E-state index contributed by atoms with van der Waals surface area (Å²) >= 11 is 1.28. The Labute approximate surface area is 196 Å². The Hall–Kier alpha value is -3.59. The quantitative estimate of drug-likeness (QED) is 0.568. The first-order valence-electron chi connectivity index (χ1n) is 10.8. The lowest BCUT2D eigenvalue weighted by Crippen LogP contribution is -2.24. The lowest BCUT2D eigenvalue weighted by atomic mass is 10.1. The highest BCUT2D eigenvalue weighted by molar-refractivity contribution is 7.15. The normalized spacial score (nSPS) is 15.5. The maximum atomic E-state index is 12.7. The second-order valence-electron chi connectivity index (χ2n) is 8.13. The molecule has 2 heterocycles. The Morgan fingerprint density at radius 2 is 1.76 bits per heavy atom. The van der Waals surface area contributed by atoms with Crippen LogP contribution in [-0.4, -0.2) is 34.5 Å². The number of carbonyl (C=O) groups is 3. The summed E-state index contributed by atoms with van der Waals surface area (Å²) < 4.78 is 0. The first kappa shape index (κ1) is 22.6. The smallest absolute Gasteiger partial charge is 0.257 e. The lowest BCUT2D eigenvalue weighted by Gasteiger charge is -2.17. The third-order valence-corrected chi connectivity index (χ3v) is 6.41. The minimum atomic E-state index is -0.314. The van der Waals surface area contributed by atoms with Crippen LogP contribution in [0.1, 0.15) is 52.2 Å². The average molecular weight is 464 g/mol. The van der Waals surface area contributed by atoms with Crippen molar-refractivity contribution >= 4 is 45.6 Å². The summed E-state index contributed by atoms with van der Waals surface area (Å²) in [6.07, 6.45) is 0.747. The predicted octanol–water partition coefficient (Wildman–Crippen LogP) is 4.28. The molecule has 0 bridgehead atoms. The number of hydrogen-bond acceptors (Lipinski definition) is 6. The summed E-state index contributed by atoms with van der Waals surface area (Å²) in [6, 6.07) is 12.7. The van der Waals surface area contributed by atoms with Gasteiger partial charge in [0.15, 0.2) is 0 Å². The topological polar surface area (TPSA) is 104 Å². The van der Waals surface area contributed by atoms with Crippen molar-refractivity contribution in [3.8, 4) is 0 Å². The molecule has 170 valence electrons. The molecule has 1 aliphatic rings. The van der Waals surface area contributed by atoms with Gasteiger partial charge in [-0.3, -0.25) is 19.7 Å². The minimum absolute atomic E-state index is 0.0565. The van der Waals surface area contributed by atoms with Gasteiger partial charge in [-0.15, -0.1) is 10.2 Å². The van der Waals surface area contributed by atoms with Crippen LogP contribution in [-0.2, 0) is 9.59 Å². The van der Waals surface area contributed by atoms with E-state index in [1.165, 1.54) is 11.3 Å². The van der Waals surface area contributed by atoms with E-state index in [0.717, 1.165) is 21.8 Å². The fraction of sp³-hybridized carbons (Fsp3) is 0.292. The number of nitrogens with zero attached hydrogens (tertiary/aromatic N) is 3. The average Bonchev–Trinajstić information content (AvgIpc) is 3.40. The van der Waals surface area contributed by atoms with Crippen LogP contribution in [0.4, 0.5) is 16.5 Å². The number of amides is 3. The Morgan fingerprint density at radius 1 is 1.06 bits per heavy atom. The van der Waals surface area contributed by atoms with Crippen LogP contribution in [0.2, 0.25) is 0 Å². The molecule has 9 heteroatoms. The molecular weight excluding hydrogens is 438 g/mol. The third kappa shape index (κ3) is 5.25. The van der Waals surface area contributed by atoms with Crippen molar-refractivity contribution in [2.75, 3.05) is 22.1 Å². The van der Waals surface area contributed by atoms with Crippen molar-refractivity contribution in [1.82, 2.24) is 10.2 Å². The highest BCUT2D eigenvalue weighted by Gasteiger charge is 2.34. The standard InChI is InChI=1S/C24H25N5O3S/c1-4-20(30)25-18-7-5-16(6-8-18)22(32)26-24-28-27-23(33-24)17-12-21(31)29(13-17)19-10-14(2)9-15(3)11-19/h5-11,17H,4,12-13H2,1-3H3,(H,25,30)(H,26,28,32)/t17-/m0/s1. The van der Waals surface area contributed by atoms with Crippen LogP contribution in [0.15, 0.2) is 42.5 Å². The van der Waals surface area contributed by atoms with Gasteiger partial charge >= 0.3 is 0 Å². The van der Waals surface area contributed by atoms with Crippen LogP contribution >= 0.6 is 11.3 Å². The Kier molecular flexibility index (Phi) is 6.50. The zero-order valence-electron chi connectivity index (χ0n) is 18.7. The molecule has 1 aliphatic heterocycles. The van der Waals surface area contributed by atoms with Crippen molar-refractivity contribution in [2.24, 2.45) is 0 Å². The number of hydrogen-bond donors (Lipinski definition) is 2. The summed E-state index contributed by atoms with van der Waals surface area (Å²) in [5.41, 5.74) is 4.21. The Morgan fingerprint density at radius 3 is 2.42 bits per heavy atom. The Bertz CT molecular complexity index is 1180. The van der Waals surface area contributed by atoms with Crippen molar-refractivity contribution in [2.45, 2.75) is 39.5 Å². The molecule has 1 saturated heterocycles. The first-order chi connectivity index (χ1) is 15.8. The van der Waals surface area contributed by atoms with Gasteiger partial charge in [-0.05, 0) is 61.4 Å². The van der Waals surface area contributed by atoms with Gasteiger partial charge in [0.05, 0.1) is 0 Å². The van der Waals surface area contributed by atoms with E-state index in [4.69, 9.17) is 0 Å². The monoisotopic (exact) mass is 463 g/mol. The molecule has 0 spiro atoms. The van der Waals surface area contributed by atoms with Crippen LogP contribution < -0.4 is 15.5 Å². The fourth-order valence-electron chi connectivity index (χ4n) is 3.80. The number of nitrogens with one attached hydrogen (secondary N) is 2. The van der Waals surface area contributed by atoms with Gasteiger partial charge in [-0.25, -0.2) is 0 Å². The molecule has 1 fully saturated rings. The second-order valence-corrected chi connectivity index (χ2v) is 9.14. The highest BCUT2D eigenvalue weighted by atomic mass is 32.1. The van der Waals surface area contributed by atoms with Crippen molar-refractivity contribution < 1.29 is 14.4 Å². The molecule has 3 aromatic rings. The van der Waals surface area contributed by atoms with E-state index in [1.54, 1.807) is 36.1 Å². The zero-order valence-corrected chi connectivity index (χ0v) is 19.5. The summed E-state index contributed by atoms with van der Waals surface area (Å²) in [4.78, 5) is 38.5. The Balaban J connectivity index is 1.40. The molecule has 33 heavy (non-hydrogen) atoms. The molecule has 2 aromatic carbocycles. The molecule has 4 rings (SSSR count). The van der Waals surface area contributed by atoms with Gasteiger partial charge < -0.3 is 10.2 Å². The van der Waals surface area contributed by atoms with Gasteiger partial charge in [0, 0.05) is 42.2 Å². The van der Waals surface area contributed by atoms with E-state index in [-0.39, 0.29) is 23.6 Å². The van der Waals surface area contributed by atoms with Gasteiger partial charge in [0.2, 0.25) is 16.9 Å². The number of anilines is 3. The van der Waals surface area contributed by atoms with E-state index in [2.05, 4.69) is 26.9 Å². The van der Waals surface area contributed by atoms with Gasteiger partial charge in [-0.2, -0.15) is 0 Å². The van der Waals surface area contributed by atoms with E-state index >= 15 is 0 Å². The number of aromatic nitrogens is 2. The molecule has 1 atom stereocenters. The highest BCUT2D eigenvalue weighted by Crippen LogP contribution is 2.35. The van der Waals surface area contributed by atoms with Crippen molar-refractivity contribution in [3.63, 3.8) is 0 Å². The first-order valence-corrected chi connectivity index (χ1v) is 11.6. The molecule has 3 amide bonds. The van der Waals surface area contributed by atoms with E-state index in [0.29, 0.717) is 35.8 Å². The number of aryl methyl sites for hydroxylation is 2. The molecule has 8 nitrogen and oxygen atoms in total. The molecule has 0 aliphatic carbocycles.